The molecule has 0 radical (unpaired) electrons. The van der Waals surface area contributed by atoms with Crippen molar-refractivity contribution in [3.8, 4) is 11.5 Å². The molecule has 0 saturated heterocycles. The maximum Gasteiger partial charge on any atom is 0.277 e. The lowest BCUT2D eigenvalue weighted by molar-refractivity contribution is -0.113. The summed E-state index contributed by atoms with van der Waals surface area (Å²) in [4.78, 5) is 12.2. The molecule has 1 amide bonds. The number of anilines is 1. The van der Waals surface area contributed by atoms with E-state index in [9.17, 15) is 4.79 Å². The smallest absolute Gasteiger partial charge is 0.277 e. The van der Waals surface area contributed by atoms with Crippen LogP contribution < -0.4 is 14.8 Å². The molecule has 1 aromatic heterocycles. The lowest BCUT2D eigenvalue weighted by atomic mass is 10.2. The summed E-state index contributed by atoms with van der Waals surface area (Å²) < 4.78 is 16.3. The van der Waals surface area contributed by atoms with Crippen molar-refractivity contribution >= 4 is 35.0 Å². The molecule has 0 aliphatic heterocycles. The third-order valence-corrected chi connectivity index (χ3v) is 4.72. The van der Waals surface area contributed by atoms with Gasteiger partial charge >= 0.3 is 0 Å². The number of benzene rings is 2. The average molecular weight is 420 g/mol. The van der Waals surface area contributed by atoms with Crippen LogP contribution in [-0.4, -0.2) is 29.0 Å². The molecule has 1 heterocycles. The minimum Gasteiger partial charge on any atom is -0.495 e. The molecular formula is C19H18ClN3O4S. The number of halogens is 1. The van der Waals surface area contributed by atoms with Crippen LogP contribution in [0.1, 0.15) is 11.5 Å². The summed E-state index contributed by atoms with van der Waals surface area (Å²) in [7, 11) is 1.56. The molecule has 0 spiro atoms. The molecule has 2 aromatic carbocycles. The average Bonchev–Trinajstić information content (AvgIpc) is 3.14. The summed E-state index contributed by atoms with van der Waals surface area (Å²) in [6, 6.07) is 12.7. The highest BCUT2D eigenvalue weighted by molar-refractivity contribution is 7.99. The van der Waals surface area contributed by atoms with Gasteiger partial charge in [-0.25, -0.2) is 0 Å². The van der Waals surface area contributed by atoms with E-state index in [2.05, 4.69) is 15.5 Å². The van der Waals surface area contributed by atoms with Gasteiger partial charge in [0, 0.05) is 0 Å². The summed E-state index contributed by atoms with van der Waals surface area (Å²) in [5, 5.41) is 11.4. The van der Waals surface area contributed by atoms with E-state index in [1.807, 2.05) is 31.2 Å². The van der Waals surface area contributed by atoms with E-state index in [1.165, 1.54) is 0 Å². The molecule has 0 saturated carbocycles. The largest absolute Gasteiger partial charge is 0.495 e. The Morgan fingerprint density at radius 1 is 1.21 bits per heavy atom. The van der Waals surface area contributed by atoms with Crippen molar-refractivity contribution < 1.29 is 18.7 Å². The molecule has 7 nitrogen and oxygen atoms in total. The maximum absolute atomic E-state index is 12.2. The van der Waals surface area contributed by atoms with E-state index in [0.29, 0.717) is 28.1 Å². The second-order valence-corrected chi connectivity index (χ2v) is 7.06. The summed E-state index contributed by atoms with van der Waals surface area (Å²) in [6.07, 6.45) is 0. The predicted octanol–water partition coefficient (Wildman–Crippen LogP) is 4.35. The van der Waals surface area contributed by atoms with Crippen molar-refractivity contribution in [1.82, 2.24) is 10.2 Å². The van der Waals surface area contributed by atoms with Crippen LogP contribution in [0.5, 0.6) is 11.5 Å². The van der Waals surface area contributed by atoms with Gasteiger partial charge in [0.1, 0.15) is 11.5 Å². The number of nitrogens with zero attached hydrogens (tertiary/aromatic N) is 2. The topological polar surface area (TPSA) is 86.5 Å². The van der Waals surface area contributed by atoms with Crippen LogP contribution in [0.3, 0.4) is 0 Å². The number of hydrogen-bond donors (Lipinski definition) is 1. The fourth-order valence-electron chi connectivity index (χ4n) is 2.29. The number of ether oxygens (including phenoxy) is 2. The molecule has 146 valence electrons. The zero-order valence-corrected chi connectivity index (χ0v) is 16.8. The quantitative estimate of drug-likeness (QED) is 0.543. The fraction of sp³-hybridized carbons (Fsp3) is 0.211. The van der Waals surface area contributed by atoms with Gasteiger partial charge in [-0.1, -0.05) is 41.6 Å². The molecule has 0 atom stereocenters. The standard InChI is InChI=1S/C19H18ClN3O4S/c1-12-7-8-16(25-2)14(9-12)21-17(24)11-28-19-23-22-18(27-19)10-26-15-6-4-3-5-13(15)20/h3-9H,10-11H2,1-2H3,(H,21,24). The Bertz CT molecular complexity index is 964. The van der Waals surface area contributed by atoms with E-state index in [-0.39, 0.29) is 23.5 Å². The van der Waals surface area contributed by atoms with Gasteiger partial charge in [-0.3, -0.25) is 4.79 Å². The third kappa shape index (κ3) is 5.40. The molecule has 28 heavy (non-hydrogen) atoms. The van der Waals surface area contributed by atoms with E-state index in [1.54, 1.807) is 25.3 Å². The van der Waals surface area contributed by atoms with Crippen LogP contribution >= 0.6 is 23.4 Å². The summed E-state index contributed by atoms with van der Waals surface area (Å²) in [5.41, 5.74) is 1.64. The zero-order chi connectivity index (χ0) is 19.9. The first-order valence-electron chi connectivity index (χ1n) is 8.32. The van der Waals surface area contributed by atoms with Crippen molar-refractivity contribution in [3.63, 3.8) is 0 Å². The van der Waals surface area contributed by atoms with Gasteiger partial charge in [0.05, 0.1) is 23.6 Å². The Morgan fingerprint density at radius 2 is 2.04 bits per heavy atom. The molecule has 3 rings (SSSR count). The molecule has 1 N–H and O–H groups in total. The van der Waals surface area contributed by atoms with E-state index in [0.717, 1.165) is 17.3 Å². The zero-order valence-electron chi connectivity index (χ0n) is 15.3. The summed E-state index contributed by atoms with van der Waals surface area (Å²) in [6.45, 7) is 2.03. The fourth-order valence-corrected chi connectivity index (χ4v) is 3.06. The van der Waals surface area contributed by atoms with Gasteiger partial charge in [0.25, 0.3) is 11.1 Å². The Balaban J connectivity index is 1.51. The minimum atomic E-state index is -0.207. The van der Waals surface area contributed by atoms with Crippen molar-refractivity contribution in [2.45, 2.75) is 18.8 Å². The van der Waals surface area contributed by atoms with Crippen LogP contribution in [0.25, 0.3) is 0 Å². The maximum atomic E-state index is 12.2. The molecule has 0 aliphatic rings. The molecule has 0 aliphatic carbocycles. The number of carbonyl (C=O) groups excluding carboxylic acids is 1. The Morgan fingerprint density at radius 3 is 2.82 bits per heavy atom. The van der Waals surface area contributed by atoms with E-state index >= 15 is 0 Å². The van der Waals surface area contributed by atoms with E-state index in [4.69, 9.17) is 25.5 Å². The Kier molecular flexibility index (Phi) is 6.78. The predicted molar refractivity (Wildman–Crippen MR) is 107 cm³/mol. The van der Waals surface area contributed by atoms with Gasteiger partial charge in [0.2, 0.25) is 5.91 Å². The first-order valence-corrected chi connectivity index (χ1v) is 9.68. The molecule has 0 bridgehead atoms. The number of carbonyl (C=O) groups is 1. The van der Waals surface area contributed by atoms with Gasteiger partial charge in [-0.15, -0.1) is 10.2 Å². The van der Waals surface area contributed by atoms with Gasteiger partial charge in [0.15, 0.2) is 6.61 Å². The number of para-hydroxylation sites is 1. The van der Waals surface area contributed by atoms with Crippen LogP contribution in [0.15, 0.2) is 52.1 Å². The minimum absolute atomic E-state index is 0.0873. The van der Waals surface area contributed by atoms with Crippen molar-refractivity contribution in [1.29, 1.82) is 0 Å². The van der Waals surface area contributed by atoms with Crippen LogP contribution in [0.4, 0.5) is 5.69 Å². The molecule has 9 heteroatoms. The third-order valence-electron chi connectivity index (χ3n) is 3.59. The monoisotopic (exact) mass is 419 g/mol. The highest BCUT2D eigenvalue weighted by Crippen LogP contribution is 2.26. The number of aryl methyl sites for hydroxylation is 1. The van der Waals surface area contributed by atoms with Gasteiger partial charge < -0.3 is 19.2 Å². The number of methoxy groups -OCH3 is 1. The number of nitrogens with one attached hydrogen (secondary N) is 1. The SMILES string of the molecule is COc1ccc(C)cc1NC(=O)CSc1nnc(COc2ccccc2Cl)o1. The van der Waals surface area contributed by atoms with Crippen molar-refractivity contribution in [2.24, 2.45) is 0 Å². The molecule has 0 fully saturated rings. The highest BCUT2D eigenvalue weighted by Gasteiger charge is 2.13. The van der Waals surface area contributed by atoms with Gasteiger partial charge in [-0.05, 0) is 36.8 Å². The molecule has 3 aromatic rings. The number of hydrogen-bond acceptors (Lipinski definition) is 7. The first kappa shape index (κ1) is 20.0. The molecular weight excluding hydrogens is 402 g/mol. The summed E-state index contributed by atoms with van der Waals surface area (Å²) in [5.74, 6) is 1.33. The molecule has 0 unspecified atom stereocenters. The Hall–Kier alpha value is -2.71. The van der Waals surface area contributed by atoms with Crippen LogP contribution in [0, 0.1) is 6.92 Å². The van der Waals surface area contributed by atoms with E-state index < -0.39 is 0 Å². The van der Waals surface area contributed by atoms with Crippen LogP contribution in [0.2, 0.25) is 5.02 Å². The second-order valence-electron chi connectivity index (χ2n) is 5.72. The first-order chi connectivity index (χ1) is 13.5. The number of amides is 1. The lowest BCUT2D eigenvalue weighted by Crippen LogP contribution is -2.14. The highest BCUT2D eigenvalue weighted by atomic mass is 35.5. The Labute approximate surface area is 171 Å². The normalized spacial score (nSPS) is 10.5. The van der Waals surface area contributed by atoms with Crippen molar-refractivity contribution in [2.75, 3.05) is 18.2 Å². The van der Waals surface area contributed by atoms with Gasteiger partial charge in [-0.2, -0.15) is 0 Å². The summed E-state index contributed by atoms with van der Waals surface area (Å²) >= 11 is 7.17. The number of aromatic nitrogens is 2. The number of thioether (sulfide) groups is 1. The second kappa shape index (κ2) is 9.48. The van der Waals surface area contributed by atoms with Crippen molar-refractivity contribution in [3.05, 3.63) is 58.9 Å². The number of rotatable bonds is 8. The lowest BCUT2D eigenvalue weighted by Gasteiger charge is -2.10. The van der Waals surface area contributed by atoms with Crippen LogP contribution in [-0.2, 0) is 11.4 Å².